The Morgan fingerprint density at radius 3 is 2.92 bits per heavy atom. The topological polar surface area (TPSA) is 77.0 Å². The van der Waals surface area contributed by atoms with Crippen LogP contribution >= 0.6 is 0 Å². The molecule has 1 aromatic heterocycles. The number of anilines is 1. The Morgan fingerprint density at radius 1 is 1.54 bits per heavy atom. The molecule has 1 aromatic rings. The number of nitrogens with two attached hydrogens (primary N) is 1. The lowest BCUT2D eigenvalue weighted by Gasteiger charge is -2.01. The van der Waals surface area contributed by atoms with Crippen LogP contribution in [-0.4, -0.2) is 10.1 Å². The van der Waals surface area contributed by atoms with E-state index in [-0.39, 0.29) is 0 Å². The molecule has 0 bridgehead atoms. The van der Waals surface area contributed by atoms with Gasteiger partial charge in [0.1, 0.15) is 0 Å². The Kier molecular flexibility index (Phi) is 2.18. The van der Waals surface area contributed by atoms with Gasteiger partial charge in [-0.15, -0.1) is 0 Å². The molecule has 13 heavy (non-hydrogen) atoms. The van der Waals surface area contributed by atoms with Crippen molar-refractivity contribution in [3.63, 3.8) is 0 Å². The molecule has 3 N–H and O–H groups in total. The van der Waals surface area contributed by atoms with Gasteiger partial charge in [0.25, 0.3) is 0 Å². The van der Waals surface area contributed by atoms with E-state index in [1.807, 2.05) is 0 Å². The first-order valence-corrected chi connectivity index (χ1v) is 4.60. The summed E-state index contributed by atoms with van der Waals surface area (Å²) in [7, 11) is 0. The summed E-state index contributed by atoms with van der Waals surface area (Å²) < 4.78 is 4.86. The van der Waals surface area contributed by atoms with Gasteiger partial charge >= 0.3 is 6.01 Å². The molecule has 1 aliphatic rings. The number of hydrogen-bond donors (Lipinski definition) is 2. The largest absolute Gasteiger partial charge is 0.335 e. The zero-order valence-corrected chi connectivity index (χ0v) is 7.66. The van der Waals surface area contributed by atoms with E-state index in [1.54, 1.807) is 0 Å². The first-order chi connectivity index (χ1) is 6.29. The van der Waals surface area contributed by atoms with Crippen LogP contribution in [0.2, 0.25) is 0 Å². The molecular weight excluding hydrogens is 168 g/mol. The molecule has 72 valence electrons. The van der Waals surface area contributed by atoms with Gasteiger partial charge < -0.3 is 4.52 Å². The maximum atomic E-state index is 5.14. The van der Waals surface area contributed by atoms with Gasteiger partial charge in [0.15, 0.2) is 5.82 Å². The van der Waals surface area contributed by atoms with E-state index in [4.69, 9.17) is 10.4 Å². The van der Waals surface area contributed by atoms with Gasteiger partial charge in [0, 0.05) is 5.92 Å². The van der Waals surface area contributed by atoms with Gasteiger partial charge in [0.2, 0.25) is 0 Å². The van der Waals surface area contributed by atoms with Crippen LogP contribution in [0.3, 0.4) is 0 Å². The van der Waals surface area contributed by atoms with Crippen molar-refractivity contribution in [3.05, 3.63) is 5.82 Å². The molecule has 0 aromatic carbocycles. The standard InChI is InChI=1S/C8H14N4O/c1-5-2-3-6(4-5)7-10-8(11-9)13-12-7/h5-6H,2-4,9H2,1H3,(H,10,11,12). The molecule has 1 heterocycles. The minimum absolute atomic E-state index is 0.301. The van der Waals surface area contributed by atoms with Crippen molar-refractivity contribution in [1.29, 1.82) is 0 Å². The summed E-state index contributed by atoms with van der Waals surface area (Å²) in [6, 6.07) is 0.301. The predicted molar refractivity (Wildman–Crippen MR) is 47.9 cm³/mol. The van der Waals surface area contributed by atoms with Crippen LogP contribution in [0.5, 0.6) is 0 Å². The molecule has 0 radical (unpaired) electrons. The second-order valence-corrected chi connectivity index (χ2v) is 3.72. The van der Waals surface area contributed by atoms with Crippen LogP contribution in [0.1, 0.15) is 37.9 Å². The third-order valence-electron chi connectivity index (χ3n) is 2.63. The van der Waals surface area contributed by atoms with Crippen molar-refractivity contribution < 1.29 is 4.52 Å². The fourth-order valence-electron chi connectivity index (χ4n) is 1.90. The molecule has 0 amide bonds. The van der Waals surface area contributed by atoms with Gasteiger partial charge in [-0.25, -0.2) is 5.84 Å². The van der Waals surface area contributed by atoms with Crippen molar-refractivity contribution in [2.75, 3.05) is 5.43 Å². The number of rotatable bonds is 2. The molecule has 1 aliphatic carbocycles. The summed E-state index contributed by atoms with van der Waals surface area (Å²) >= 11 is 0. The molecule has 0 saturated heterocycles. The van der Waals surface area contributed by atoms with E-state index >= 15 is 0 Å². The maximum Gasteiger partial charge on any atom is 0.335 e. The van der Waals surface area contributed by atoms with E-state index in [0.717, 1.165) is 24.6 Å². The van der Waals surface area contributed by atoms with Crippen LogP contribution in [0.4, 0.5) is 6.01 Å². The average Bonchev–Trinajstić information content (AvgIpc) is 2.71. The van der Waals surface area contributed by atoms with Crippen molar-refractivity contribution in [2.24, 2.45) is 11.8 Å². The number of aromatic nitrogens is 2. The van der Waals surface area contributed by atoms with E-state index in [0.29, 0.717) is 11.9 Å². The summed E-state index contributed by atoms with van der Waals surface area (Å²) in [4.78, 5) is 4.13. The first-order valence-electron chi connectivity index (χ1n) is 4.60. The van der Waals surface area contributed by atoms with Gasteiger partial charge in [-0.1, -0.05) is 12.1 Å². The molecule has 5 nitrogen and oxygen atoms in total. The summed E-state index contributed by atoms with van der Waals surface area (Å²) in [5.41, 5.74) is 2.34. The third-order valence-corrected chi connectivity index (χ3v) is 2.63. The predicted octanol–water partition coefficient (Wildman–Crippen LogP) is 1.26. The van der Waals surface area contributed by atoms with Crippen LogP contribution < -0.4 is 11.3 Å². The summed E-state index contributed by atoms with van der Waals surface area (Å²) in [6.07, 6.45) is 3.57. The van der Waals surface area contributed by atoms with Crippen LogP contribution in [0.25, 0.3) is 0 Å². The normalized spacial score (nSPS) is 27.8. The lowest BCUT2D eigenvalue weighted by molar-refractivity contribution is 0.415. The van der Waals surface area contributed by atoms with Crippen LogP contribution in [-0.2, 0) is 0 Å². The zero-order chi connectivity index (χ0) is 9.26. The summed E-state index contributed by atoms with van der Waals surface area (Å²) in [6.45, 7) is 2.25. The number of nitrogens with zero attached hydrogens (tertiary/aromatic N) is 2. The Hall–Kier alpha value is -1.10. The first kappa shape index (κ1) is 8.50. The highest BCUT2D eigenvalue weighted by Crippen LogP contribution is 2.36. The fraction of sp³-hybridized carbons (Fsp3) is 0.750. The number of hydrazine groups is 1. The Morgan fingerprint density at radius 2 is 2.38 bits per heavy atom. The maximum absolute atomic E-state index is 5.14. The van der Waals surface area contributed by atoms with E-state index < -0.39 is 0 Å². The summed E-state index contributed by atoms with van der Waals surface area (Å²) in [5.74, 6) is 7.17. The minimum Gasteiger partial charge on any atom is -0.314 e. The quantitative estimate of drug-likeness (QED) is 0.532. The van der Waals surface area contributed by atoms with Crippen LogP contribution in [0.15, 0.2) is 4.52 Å². The van der Waals surface area contributed by atoms with Crippen molar-refractivity contribution in [1.82, 2.24) is 10.1 Å². The highest BCUT2D eigenvalue weighted by atomic mass is 16.5. The molecule has 1 saturated carbocycles. The minimum atomic E-state index is 0.301. The molecule has 1 fully saturated rings. The monoisotopic (exact) mass is 182 g/mol. The van der Waals surface area contributed by atoms with E-state index in [1.165, 1.54) is 6.42 Å². The van der Waals surface area contributed by atoms with Crippen molar-refractivity contribution in [3.8, 4) is 0 Å². The lowest BCUT2D eigenvalue weighted by atomic mass is 10.1. The van der Waals surface area contributed by atoms with Gasteiger partial charge in [-0.05, 0) is 25.2 Å². The molecule has 2 unspecified atom stereocenters. The SMILES string of the molecule is CC1CCC(c2noc(NN)n2)C1. The highest BCUT2D eigenvalue weighted by molar-refractivity contribution is 5.16. The fourth-order valence-corrected chi connectivity index (χ4v) is 1.90. The van der Waals surface area contributed by atoms with Gasteiger partial charge in [0.05, 0.1) is 0 Å². The average molecular weight is 182 g/mol. The lowest BCUT2D eigenvalue weighted by Crippen LogP contribution is -2.07. The highest BCUT2D eigenvalue weighted by Gasteiger charge is 2.26. The van der Waals surface area contributed by atoms with Gasteiger partial charge in [-0.2, -0.15) is 4.98 Å². The van der Waals surface area contributed by atoms with Crippen molar-refractivity contribution in [2.45, 2.75) is 32.1 Å². The summed E-state index contributed by atoms with van der Waals surface area (Å²) in [5, 5.41) is 3.87. The smallest absolute Gasteiger partial charge is 0.314 e. The number of hydrogen-bond acceptors (Lipinski definition) is 5. The second kappa shape index (κ2) is 3.33. The van der Waals surface area contributed by atoms with Gasteiger partial charge in [-0.3, -0.25) is 5.43 Å². The Labute approximate surface area is 76.7 Å². The van der Waals surface area contributed by atoms with E-state index in [2.05, 4.69) is 22.5 Å². The molecule has 0 spiro atoms. The molecule has 5 heteroatoms. The Bertz CT molecular complexity index is 285. The molecular formula is C8H14N4O. The van der Waals surface area contributed by atoms with Crippen LogP contribution in [0, 0.1) is 5.92 Å². The Balaban J connectivity index is 2.08. The van der Waals surface area contributed by atoms with E-state index in [9.17, 15) is 0 Å². The van der Waals surface area contributed by atoms with Crippen molar-refractivity contribution >= 4 is 6.01 Å². The third kappa shape index (κ3) is 1.65. The molecule has 2 atom stereocenters. The zero-order valence-electron chi connectivity index (χ0n) is 7.66. The second-order valence-electron chi connectivity index (χ2n) is 3.72. The number of nitrogens with one attached hydrogen (secondary N) is 1. The molecule has 0 aliphatic heterocycles. The number of nitrogen functional groups attached to an aromatic ring is 1. The molecule has 2 rings (SSSR count).